The van der Waals surface area contributed by atoms with Crippen molar-refractivity contribution in [2.24, 2.45) is 0 Å². The Labute approximate surface area is 119 Å². The van der Waals surface area contributed by atoms with Gasteiger partial charge < -0.3 is 15.0 Å². The minimum Gasteiger partial charge on any atom is -0.380 e. The van der Waals surface area contributed by atoms with Crippen LogP contribution in [0.3, 0.4) is 0 Å². The van der Waals surface area contributed by atoms with Gasteiger partial charge in [0.05, 0.1) is 6.61 Å². The zero-order valence-electron chi connectivity index (χ0n) is 13.3. The van der Waals surface area contributed by atoms with Gasteiger partial charge in [-0.3, -0.25) is 4.90 Å². The Morgan fingerprint density at radius 1 is 1.11 bits per heavy atom. The first-order chi connectivity index (χ1) is 9.26. The summed E-state index contributed by atoms with van der Waals surface area (Å²) >= 11 is 0. The number of hydrogen-bond donors (Lipinski definition) is 1. The van der Waals surface area contributed by atoms with E-state index in [4.69, 9.17) is 4.74 Å². The molecule has 4 nitrogen and oxygen atoms in total. The maximum Gasteiger partial charge on any atom is 0.0637 e. The lowest BCUT2D eigenvalue weighted by atomic mass is 10.0. The molecule has 0 bridgehead atoms. The van der Waals surface area contributed by atoms with Crippen molar-refractivity contribution in [2.75, 3.05) is 53.0 Å². The van der Waals surface area contributed by atoms with Gasteiger partial charge in [0.2, 0.25) is 0 Å². The highest BCUT2D eigenvalue weighted by Gasteiger charge is 2.28. The van der Waals surface area contributed by atoms with Crippen LogP contribution in [0.4, 0.5) is 0 Å². The average molecular weight is 271 g/mol. The molecule has 4 heteroatoms. The summed E-state index contributed by atoms with van der Waals surface area (Å²) in [6.45, 7) is 14.4. The first-order valence-corrected chi connectivity index (χ1v) is 7.98. The molecular formula is C15H33N3O. The van der Waals surface area contributed by atoms with Gasteiger partial charge in [-0.05, 0) is 52.6 Å². The number of nitrogens with zero attached hydrogens (tertiary/aromatic N) is 2. The van der Waals surface area contributed by atoms with E-state index in [1.807, 2.05) is 0 Å². The van der Waals surface area contributed by atoms with Crippen molar-refractivity contribution in [1.29, 1.82) is 0 Å². The Kier molecular flexibility index (Phi) is 8.62. The summed E-state index contributed by atoms with van der Waals surface area (Å²) in [5.74, 6) is 0. The van der Waals surface area contributed by atoms with E-state index in [1.165, 1.54) is 19.5 Å². The van der Waals surface area contributed by atoms with Gasteiger partial charge in [0.1, 0.15) is 0 Å². The number of likely N-dealkylation sites (N-methyl/N-ethyl adjacent to an activating group) is 2. The molecule has 2 atom stereocenters. The van der Waals surface area contributed by atoms with Crippen molar-refractivity contribution in [3.05, 3.63) is 0 Å². The first kappa shape index (κ1) is 16.9. The minimum atomic E-state index is 0.542. The molecule has 19 heavy (non-hydrogen) atoms. The number of hydrogen-bond acceptors (Lipinski definition) is 4. The molecule has 0 saturated carbocycles. The summed E-state index contributed by atoms with van der Waals surface area (Å²) in [5, 5.41) is 3.46. The summed E-state index contributed by atoms with van der Waals surface area (Å²) in [7, 11) is 2.08. The molecule has 0 spiro atoms. The summed E-state index contributed by atoms with van der Waals surface area (Å²) in [6, 6.07) is 1.13. The van der Waals surface area contributed by atoms with Gasteiger partial charge in [-0.2, -0.15) is 0 Å². The van der Waals surface area contributed by atoms with Crippen molar-refractivity contribution < 1.29 is 4.74 Å². The lowest BCUT2D eigenvalue weighted by molar-refractivity contribution is -0.000783. The quantitative estimate of drug-likeness (QED) is 0.686. The second-order valence-corrected chi connectivity index (χ2v) is 5.34. The Balaban J connectivity index is 2.38. The molecule has 0 amide bonds. The Morgan fingerprint density at radius 2 is 1.84 bits per heavy atom. The molecule has 1 rings (SSSR count). The van der Waals surface area contributed by atoms with Gasteiger partial charge in [0, 0.05) is 18.7 Å². The highest BCUT2D eigenvalue weighted by atomic mass is 16.5. The van der Waals surface area contributed by atoms with Gasteiger partial charge in [-0.25, -0.2) is 0 Å². The average Bonchev–Trinajstić information content (AvgIpc) is 2.48. The lowest BCUT2D eigenvalue weighted by Crippen LogP contribution is -2.54. The number of nitrogens with one attached hydrogen (secondary N) is 1. The third-order valence-electron chi connectivity index (χ3n) is 4.39. The van der Waals surface area contributed by atoms with Crippen LogP contribution in [-0.4, -0.2) is 74.9 Å². The second kappa shape index (κ2) is 9.70. The molecule has 1 fully saturated rings. The maximum atomic E-state index is 5.67. The lowest BCUT2D eigenvalue weighted by Gasteiger charge is -2.39. The Morgan fingerprint density at radius 3 is 2.42 bits per heavy atom. The van der Waals surface area contributed by atoms with Crippen LogP contribution in [0.15, 0.2) is 0 Å². The molecule has 0 aliphatic carbocycles. The normalized spacial score (nSPS) is 24.3. The molecule has 1 saturated heterocycles. The standard InChI is InChI=1S/C15H33N3O/c1-5-17(6-2)10-8-11-18(7-3)15-13-19-12-9-14(15)16-4/h14-16H,5-13H2,1-4H3. The molecular weight excluding hydrogens is 238 g/mol. The molecule has 1 heterocycles. The fourth-order valence-corrected chi connectivity index (χ4v) is 3.02. The minimum absolute atomic E-state index is 0.542. The van der Waals surface area contributed by atoms with Crippen LogP contribution in [0.25, 0.3) is 0 Å². The molecule has 2 unspecified atom stereocenters. The number of rotatable bonds is 9. The van der Waals surface area contributed by atoms with E-state index < -0.39 is 0 Å². The molecule has 1 aliphatic heterocycles. The van der Waals surface area contributed by atoms with E-state index in [2.05, 4.69) is 42.9 Å². The van der Waals surface area contributed by atoms with Crippen molar-refractivity contribution in [3.8, 4) is 0 Å². The molecule has 0 aromatic carbocycles. The van der Waals surface area contributed by atoms with Crippen LogP contribution in [-0.2, 0) is 4.74 Å². The fraction of sp³-hybridized carbons (Fsp3) is 1.00. The highest BCUT2D eigenvalue weighted by molar-refractivity contribution is 4.86. The molecule has 1 aliphatic rings. The van der Waals surface area contributed by atoms with E-state index in [-0.39, 0.29) is 0 Å². The Bertz CT molecular complexity index is 221. The van der Waals surface area contributed by atoms with E-state index >= 15 is 0 Å². The predicted octanol–water partition coefficient (Wildman–Crippen LogP) is 1.42. The first-order valence-electron chi connectivity index (χ1n) is 7.98. The molecule has 0 aromatic heterocycles. The molecule has 0 aromatic rings. The van der Waals surface area contributed by atoms with Crippen LogP contribution in [0.1, 0.15) is 33.6 Å². The summed E-state index contributed by atoms with van der Waals surface area (Å²) < 4.78 is 5.67. The predicted molar refractivity (Wildman–Crippen MR) is 81.7 cm³/mol. The van der Waals surface area contributed by atoms with E-state index in [0.29, 0.717) is 12.1 Å². The van der Waals surface area contributed by atoms with Crippen molar-refractivity contribution >= 4 is 0 Å². The summed E-state index contributed by atoms with van der Waals surface area (Å²) in [5.41, 5.74) is 0. The smallest absolute Gasteiger partial charge is 0.0637 e. The molecule has 1 N–H and O–H groups in total. The summed E-state index contributed by atoms with van der Waals surface area (Å²) in [4.78, 5) is 5.09. The van der Waals surface area contributed by atoms with Gasteiger partial charge >= 0.3 is 0 Å². The molecule has 114 valence electrons. The van der Waals surface area contributed by atoms with Gasteiger partial charge in [0.15, 0.2) is 0 Å². The van der Waals surface area contributed by atoms with E-state index in [0.717, 1.165) is 39.3 Å². The van der Waals surface area contributed by atoms with E-state index in [9.17, 15) is 0 Å². The van der Waals surface area contributed by atoms with Crippen LogP contribution in [0.2, 0.25) is 0 Å². The van der Waals surface area contributed by atoms with E-state index in [1.54, 1.807) is 0 Å². The van der Waals surface area contributed by atoms with Crippen molar-refractivity contribution in [1.82, 2.24) is 15.1 Å². The maximum absolute atomic E-state index is 5.67. The van der Waals surface area contributed by atoms with Gasteiger partial charge in [-0.15, -0.1) is 0 Å². The zero-order chi connectivity index (χ0) is 14.1. The third kappa shape index (κ3) is 5.38. The topological polar surface area (TPSA) is 27.7 Å². The van der Waals surface area contributed by atoms with Crippen molar-refractivity contribution in [3.63, 3.8) is 0 Å². The second-order valence-electron chi connectivity index (χ2n) is 5.34. The monoisotopic (exact) mass is 271 g/mol. The van der Waals surface area contributed by atoms with Crippen LogP contribution < -0.4 is 5.32 Å². The highest BCUT2D eigenvalue weighted by Crippen LogP contribution is 2.14. The van der Waals surface area contributed by atoms with Crippen LogP contribution >= 0.6 is 0 Å². The SMILES string of the molecule is CCN(CC)CCCN(CC)C1COCCC1NC. The van der Waals surface area contributed by atoms with Crippen molar-refractivity contribution in [2.45, 2.75) is 45.7 Å². The third-order valence-corrected chi connectivity index (χ3v) is 4.39. The Hall–Kier alpha value is -0.160. The number of ether oxygens (including phenoxy) is 1. The van der Waals surface area contributed by atoms with Crippen LogP contribution in [0, 0.1) is 0 Å². The summed E-state index contributed by atoms with van der Waals surface area (Å²) in [6.07, 6.45) is 2.39. The van der Waals surface area contributed by atoms with Gasteiger partial charge in [-0.1, -0.05) is 20.8 Å². The fourth-order valence-electron chi connectivity index (χ4n) is 3.02. The van der Waals surface area contributed by atoms with Gasteiger partial charge in [0.25, 0.3) is 0 Å². The molecule has 0 radical (unpaired) electrons. The zero-order valence-corrected chi connectivity index (χ0v) is 13.3. The largest absolute Gasteiger partial charge is 0.380 e. The van der Waals surface area contributed by atoms with Crippen LogP contribution in [0.5, 0.6) is 0 Å².